The molecule has 172 valence electrons. The molecular weight excluding hydrogens is 470 g/mol. The standard InChI is InChI=1S/C23H20ClNO7S/c1-4-29-22(27)20-12(3)21(23(28)30-5-2)33-19(20)9-16(26)14(10-25)6-13-7-17-18(8-15(13)24)32-11-31-17/h6-8H,4-5,9,11H2,1-3H3/b14-6+. The highest BCUT2D eigenvalue weighted by molar-refractivity contribution is 7.14. The molecule has 0 atom stereocenters. The number of Topliss-reactive ketones (excluding diaryl/α,β-unsaturated/α-hetero) is 1. The van der Waals surface area contributed by atoms with Crippen molar-refractivity contribution in [2.45, 2.75) is 27.2 Å². The Kier molecular flexibility index (Phi) is 7.74. The predicted molar refractivity (Wildman–Crippen MR) is 121 cm³/mol. The van der Waals surface area contributed by atoms with Gasteiger partial charge in [-0.1, -0.05) is 11.6 Å². The van der Waals surface area contributed by atoms with E-state index in [9.17, 15) is 19.6 Å². The van der Waals surface area contributed by atoms with Gasteiger partial charge in [0.1, 0.15) is 10.9 Å². The van der Waals surface area contributed by atoms with Gasteiger partial charge >= 0.3 is 11.9 Å². The molecule has 8 nitrogen and oxygen atoms in total. The van der Waals surface area contributed by atoms with Crippen LogP contribution in [0.3, 0.4) is 0 Å². The van der Waals surface area contributed by atoms with Gasteiger partial charge in [0.25, 0.3) is 0 Å². The zero-order valence-electron chi connectivity index (χ0n) is 18.2. The third kappa shape index (κ3) is 5.18. The van der Waals surface area contributed by atoms with Gasteiger partial charge in [-0.05, 0) is 44.0 Å². The molecule has 1 aliphatic heterocycles. The molecule has 10 heteroatoms. The fourth-order valence-corrected chi connectivity index (χ4v) is 4.57. The van der Waals surface area contributed by atoms with Crippen molar-refractivity contribution in [3.8, 4) is 17.6 Å². The number of ketones is 1. The monoisotopic (exact) mass is 489 g/mol. The Hall–Kier alpha value is -3.35. The summed E-state index contributed by atoms with van der Waals surface area (Å²) in [5.41, 5.74) is 0.748. The Balaban J connectivity index is 1.96. The van der Waals surface area contributed by atoms with Crippen LogP contribution in [-0.2, 0) is 20.7 Å². The number of ether oxygens (including phenoxy) is 4. The van der Waals surface area contributed by atoms with Crippen LogP contribution in [-0.4, -0.2) is 37.7 Å². The van der Waals surface area contributed by atoms with Crippen LogP contribution in [0.2, 0.25) is 5.02 Å². The van der Waals surface area contributed by atoms with Crippen LogP contribution in [0.5, 0.6) is 11.5 Å². The highest BCUT2D eigenvalue weighted by atomic mass is 35.5. The molecule has 0 radical (unpaired) electrons. The Morgan fingerprint density at radius 3 is 2.42 bits per heavy atom. The van der Waals surface area contributed by atoms with Gasteiger partial charge in [-0.3, -0.25) is 4.79 Å². The van der Waals surface area contributed by atoms with Crippen molar-refractivity contribution in [1.29, 1.82) is 5.26 Å². The number of benzene rings is 1. The minimum Gasteiger partial charge on any atom is -0.462 e. The number of carbonyl (C=O) groups is 3. The number of hydrogen-bond donors (Lipinski definition) is 0. The highest BCUT2D eigenvalue weighted by Gasteiger charge is 2.28. The summed E-state index contributed by atoms with van der Waals surface area (Å²) in [5.74, 6) is -0.860. The van der Waals surface area contributed by atoms with E-state index < -0.39 is 17.7 Å². The van der Waals surface area contributed by atoms with E-state index in [1.54, 1.807) is 32.9 Å². The molecule has 0 fully saturated rings. The average Bonchev–Trinajstić information content (AvgIpc) is 3.35. The summed E-state index contributed by atoms with van der Waals surface area (Å²) in [6, 6.07) is 5.00. The molecule has 0 spiro atoms. The number of nitrogens with zero attached hydrogens (tertiary/aromatic N) is 1. The largest absolute Gasteiger partial charge is 0.462 e. The first-order valence-electron chi connectivity index (χ1n) is 10.0. The van der Waals surface area contributed by atoms with Crippen LogP contribution in [0.4, 0.5) is 0 Å². The Labute approximate surface area is 199 Å². The molecule has 1 aliphatic rings. The first kappa shape index (κ1) is 24.3. The maximum atomic E-state index is 13.0. The fourth-order valence-electron chi connectivity index (χ4n) is 3.17. The summed E-state index contributed by atoms with van der Waals surface area (Å²) in [6.07, 6.45) is 1.07. The summed E-state index contributed by atoms with van der Waals surface area (Å²) in [6.45, 7) is 5.26. The molecule has 0 unspecified atom stereocenters. The third-order valence-corrected chi connectivity index (χ3v) is 6.29. The van der Waals surface area contributed by atoms with Crippen LogP contribution in [0.15, 0.2) is 17.7 Å². The lowest BCUT2D eigenvalue weighted by Crippen LogP contribution is -2.12. The van der Waals surface area contributed by atoms with Gasteiger partial charge in [-0.2, -0.15) is 5.26 Å². The van der Waals surface area contributed by atoms with Gasteiger partial charge in [-0.15, -0.1) is 11.3 Å². The van der Waals surface area contributed by atoms with Crippen LogP contribution in [0, 0.1) is 18.3 Å². The first-order valence-corrected chi connectivity index (χ1v) is 11.2. The number of carbonyl (C=O) groups excluding carboxylic acids is 3. The van der Waals surface area contributed by atoms with E-state index >= 15 is 0 Å². The third-order valence-electron chi connectivity index (χ3n) is 4.69. The molecule has 0 bridgehead atoms. The lowest BCUT2D eigenvalue weighted by molar-refractivity contribution is -0.114. The van der Waals surface area contributed by atoms with Crippen molar-refractivity contribution in [2.24, 2.45) is 0 Å². The predicted octanol–water partition coefficient (Wildman–Crippen LogP) is 4.51. The minimum atomic E-state index is -0.647. The van der Waals surface area contributed by atoms with Gasteiger partial charge in [-0.25, -0.2) is 9.59 Å². The van der Waals surface area contributed by atoms with Crippen molar-refractivity contribution in [3.63, 3.8) is 0 Å². The second-order valence-corrected chi connectivity index (χ2v) is 8.30. The van der Waals surface area contributed by atoms with E-state index in [1.165, 1.54) is 6.08 Å². The van der Waals surface area contributed by atoms with Gasteiger partial charge in [0.2, 0.25) is 6.79 Å². The van der Waals surface area contributed by atoms with E-state index in [0.29, 0.717) is 27.5 Å². The number of esters is 2. The maximum Gasteiger partial charge on any atom is 0.348 e. The molecule has 1 aromatic heterocycles. The SMILES string of the molecule is CCOC(=O)c1sc(CC(=O)/C(C#N)=C/c2cc3c(cc2Cl)OCO3)c(C(=O)OCC)c1C. The summed E-state index contributed by atoms with van der Waals surface area (Å²) in [4.78, 5) is 38.4. The normalized spacial score (nSPS) is 12.3. The molecule has 33 heavy (non-hydrogen) atoms. The molecule has 0 aliphatic carbocycles. The van der Waals surface area contributed by atoms with E-state index in [2.05, 4.69) is 0 Å². The zero-order valence-corrected chi connectivity index (χ0v) is 19.7. The van der Waals surface area contributed by atoms with Crippen LogP contribution < -0.4 is 9.47 Å². The molecule has 2 aromatic rings. The van der Waals surface area contributed by atoms with Crippen molar-refractivity contribution in [2.75, 3.05) is 20.0 Å². The first-order chi connectivity index (χ1) is 15.8. The summed E-state index contributed by atoms with van der Waals surface area (Å²) in [5, 5.41) is 9.88. The number of hydrogen-bond acceptors (Lipinski definition) is 9. The van der Waals surface area contributed by atoms with Crippen molar-refractivity contribution < 1.29 is 33.3 Å². The van der Waals surface area contributed by atoms with Gasteiger partial charge in [0.15, 0.2) is 17.3 Å². The second-order valence-electron chi connectivity index (χ2n) is 6.79. The number of halogens is 1. The Morgan fingerprint density at radius 2 is 1.79 bits per heavy atom. The topological polar surface area (TPSA) is 112 Å². The van der Waals surface area contributed by atoms with Crippen molar-refractivity contribution in [1.82, 2.24) is 0 Å². The van der Waals surface area contributed by atoms with Crippen LogP contribution in [0.1, 0.15) is 49.9 Å². The van der Waals surface area contributed by atoms with Gasteiger partial charge in [0, 0.05) is 17.4 Å². The second kappa shape index (κ2) is 10.5. The Morgan fingerprint density at radius 1 is 1.15 bits per heavy atom. The maximum absolute atomic E-state index is 13.0. The average molecular weight is 490 g/mol. The molecule has 1 aromatic carbocycles. The number of thiophene rings is 1. The van der Waals surface area contributed by atoms with Gasteiger partial charge < -0.3 is 18.9 Å². The van der Waals surface area contributed by atoms with E-state index in [-0.39, 0.29) is 47.5 Å². The van der Waals surface area contributed by atoms with E-state index in [1.807, 2.05) is 6.07 Å². The van der Waals surface area contributed by atoms with E-state index in [0.717, 1.165) is 11.3 Å². The van der Waals surface area contributed by atoms with Crippen molar-refractivity contribution >= 4 is 46.7 Å². The molecule has 2 heterocycles. The number of allylic oxidation sites excluding steroid dienone is 1. The molecule has 0 saturated heterocycles. The molecule has 0 N–H and O–H groups in total. The fraction of sp³-hybridized carbons (Fsp3) is 0.304. The summed E-state index contributed by atoms with van der Waals surface area (Å²) >= 11 is 7.23. The minimum absolute atomic E-state index is 0.0556. The quantitative estimate of drug-likeness (QED) is 0.302. The van der Waals surface area contributed by atoms with Gasteiger partial charge in [0.05, 0.1) is 29.4 Å². The Bertz CT molecular complexity index is 1190. The van der Waals surface area contributed by atoms with Crippen LogP contribution >= 0.6 is 22.9 Å². The molecule has 0 amide bonds. The lowest BCUT2D eigenvalue weighted by Gasteiger charge is -2.06. The zero-order chi connectivity index (χ0) is 24.1. The summed E-state index contributed by atoms with van der Waals surface area (Å²) < 4.78 is 20.7. The van der Waals surface area contributed by atoms with Crippen LogP contribution in [0.25, 0.3) is 6.08 Å². The number of rotatable bonds is 8. The number of nitriles is 1. The lowest BCUT2D eigenvalue weighted by atomic mass is 10.0. The summed E-state index contributed by atoms with van der Waals surface area (Å²) in [7, 11) is 0. The van der Waals surface area contributed by atoms with Crippen molar-refractivity contribution in [3.05, 3.63) is 49.2 Å². The number of fused-ring (bicyclic) bond motifs is 1. The molecular formula is C23H20ClNO7S. The van der Waals surface area contributed by atoms with E-state index in [4.69, 9.17) is 30.5 Å². The smallest absolute Gasteiger partial charge is 0.348 e. The molecule has 0 saturated carbocycles. The molecule has 3 rings (SSSR count). The highest BCUT2D eigenvalue weighted by Crippen LogP contribution is 2.38.